The topological polar surface area (TPSA) is 32.3 Å². The van der Waals surface area contributed by atoms with Crippen LogP contribution in [0.3, 0.4) is 0 Å². The predicted octanol–water partition coefficient (Wildman–Crippen LogP) is 3.15. The number of benzene rings is 1. The fraction of sp³-hybridized carbons (Fsp3) is 0.533. The monoisotopic (exact) mass is 358 g/mol. The summed E-state index contributed by atoms with van der Waals surface area (Å²) < 4.78 is 1.05. The molecule has 2 atom stereocenters. The van der Waals surface area contributed by atoms with Crippen molar-refractivity contribution in [2.24, 2.45) is 5.92 Å². The quantitative estimate of drug-likeness (QED) is 0.835. The molecule has 0 radical (unpaired) electrons. The average molecular weight is 360 g/mol. The Morgan fingerprint density at radius 2 is 2.25 bits per heavy atom. The highest BCUT2D eigenvalue weighted by atomic mass is 79.9. The Kier molecular flexibility index (Phi) is 5.10. The number of fused-ring (bicyclic) bond motifs is 1. The molecule has 3 nitrogen and oxygen atoms in total. The van der Waals surface area contributed by atoms with Crippen molar-refractivity contribution >= 4 is 39.9 Å². The van der Waals surface area contributed by atoms with Crippen molar-refractivity contribution in [2.75, 3.05) is 18.0 Å². The molecule has 2 aliphatic heterocycles. The first kappa shape index (κ1) is 15.8. The van der Waals surface area contributed by atoms with Gasteiger partial charge in [-0.05, 0) is 50.4 Å². The average Bonchev–Trinajstić information content (AvgIpc) is 2.80. The number of hydrogen-bond donors (Lipinski definition) is 1. The molecule has 1 aromatic rings. The van der Waals surface area contributed by atoms with Crippen LogP contribution in [0, 0.1) is 5.92 Å². The first-order valence-corrected chi connectivity index (χ1v) is 7.77. The van der Waals surface area contributed by atoms with E-state index in [1.807, 2.05) is 4.90 Å². The van der Waals surface area contributed by atoms with E-state index in [1.165, 1.54) is 5.56 Å². The van der Waals surface area contributed by atoms with Crippen molar-refractivity contribution in [1.29, 1.82) is 0 Å². The van der Waals surface area contributed by atoms with Gasteiger partial charge in [0.05, 0.1) is 0 Å². The van der Waals surface area contributed by atoms with E-state index in [9.17, 15) is 4.79 Å². The van der Waals surface area contributed by atoms with Crippen molar-refractivity contribution in [3.05, 3.63) is 28.2 Å². The van der Waals surface area contributed by atoms with E-state index in [1.54, 1.807) is 0 Å². The molecule has 0 saturated carbocycles. The number of carbonyl (C=O) groups excluding carboxylic acids is 1. The van der Waals surface area contributed by atoms with Crippen LogP contribution in [0.4, 0.5) is 5.69 Å². The lowest BCUT2D eigenvalue weighted by Gasteiger charge is -2.30. The second-order valence-corrected chi connectivity index (χ2v) is 6.51. The standard InChI is InChI=1S/C15H19BrN2O.ClH/c1-10-8-12(4-6-17-10)15(19)18-7-5-11-2-3-13(16)9-14(11)18;/h2-3,9-10,12,17H,4-8H2,1H3;1H/t10-,12-;/m0./s1. The number of amides is 1. The third-order valence-corrected chi connectivity index (χ3v) is 4.68. The summed E-state index contributed by atoms with van der Waals surface area (Å²) in [5.41, 5.74) is 2.39. The van der Waals surface area contributed by atoms with E-state index < -0.39 is 0 Å². The summed E-state index contributed by atoms with van der Waals surface area (Å²) in [4.78, 5) is 14.7. The molecule has 5 heteroatoms. The number of nitrogens with one attached hydrogen (secondary N) is 1. The van der Waals surface area contributed by atoms with E-state index in [0.29, 0.717) is 11.9 Å². The lowest BCUT2D eigenvalue weighted by Crippen LogP contribution is -2.43. The number of anilines is 1. The van der Waals surface area contributed by atoms with E-state index in [-0.39, 0.29) is 18.3 Å². The molecule has 1 aromatic carbocycles. The molecule has 0 spiro atoms. The zero-order chi connectivity index (χ0) is 13.4. The number of piperidine rings is 1. The molecule has 1 amide bonds. The van der Waals surface area contributed by atoms with Crippen molar-refractivity contribution in [3.63, 3.8) is 0 Å². The van der Waals surface area contributed by atoms with Gasteiger partial charge in [0.2, 0.25) is 5.91 Å². The van der Waals surface area contributed by atoms with Crippen molar-refractivity contribution in [3.8, 4) is 0 Å². The molecular weight excluding hydrogens is 340 g/mol. The summed E-state index contributed by atoms with van der Waals surface area (Å²) in [6.07, 6.45) is 2.90. The number of carbonyl (C=O) groups is 1. The van der Waals surface area contributed by atoms with Crippen molar-refractivity contribution < 1.29 is 4.79 Å². The van der Waals surface area contributed by atoms with E-state index in [4.69, 9.17) is 0 Å². The normalized spacial score (nSPS) is 25.0. The van der Waals surface area contributed by atoms with Crippen LogP contribution >= 0.6 is 28.3 Å². The molecule has 1 N–H and O–H groups in total. The predicted molar refractivity (Wildman–Crippen MR) is 87.6 cm³/mol. The first-order chi connectivity index (χ1) is 9.15. The summed E-state index contributed by atoms with van der Waals surface area (Å²) in [5.74, 6) is 0.492. The molecule has 110 valence electrons. The molecule has 3 rings (SSSR count). The number of hydrogen-bond acceptors (Lipinski definition) is 2. The van der Waals surface area contributed by atoms with Gasteiger partial charge in [-0.15, -0.1) is 12.4 Å². The molecule has 2 heterocycles. The smallest absolute Gasteiger partial charge is 0.230 e. The number of rotatable bonds is 1. The minimum Gasteiger partial charge on any atom is -0.314 e. The van der Waals surface area contributed by atoms with Gasteiger partial charge in [-0.1, -0.05) is 22.0 Å². The van der Waals surface area contributed by atoms with Gasteiger partial charge in [-0.2, -0.15) is 0 Å². The highest BCUT2D eigenvalue weighted by molar-refractivity contribution is 9.10. The lowest BCUT2D eigenvalue weighted by atomic mass is 9.92. The fourth-order valence-corrected chi connectivity index (χ4v) is 3.51. The van der Waals surface area contributed by atoms with Crippen LogP contribution in [0.2, 0.25) is 0 Å². The van der Waals surface area contributed by atoms with Crippen LogP contribution in [0.5, 0.6) is 0 Å². The van der Waals surface area contributed by atoms with Gasteiger partial charge < -0.3 is 10.2 Å². The molecule has 0 unspecified atom stereocenters. The zero-order valence-corrected chi connectivity index (χ0v) is 14.0. The highest BCUT2D eigenvalue weighted by Crippen LogP contribution is 2.33. The van der Waals surface area contributed by atoms with Crippen molar-refractivity contribution in [2.45, 2.75) is 32.2 Å². The van der Waals surface area contributed by atoms with Crippen LogP contribution < -0.4 is 10.2 Å². The van der Waals surface area contributed by atoms with Crippen LogP contribution in [-0.4, -0.2) is 25.0 Å². The molecular formula is C15H20BrClN2O. The van der Waals surface area contributed by atoms with Crippen LogP contribution in [0.15, 0.2) is 22.7 Å². The minimum absolute atomic E-state index is 0. The zero-order valence-electron chi connectivity index (χ0n) is 11.6. The minimum atomic E-state index is 0. The maximum Gasteiger partial charge on any atom is 0.230 e. The molecule has 0 bridgehead atoms. The van der Waals surface area contributed by atoms with Gasteiger partial charge >= 0.3 is 0 Å². The Hall–Kier alpha value is -0.580. The summed E-state index contributed by atoms with van der Waals surface area (Å²) in [7, 11) is 0. The third kappa shape index (κ3) is 3.02. The molecule has 2 aliphatic rings. The molecule has 0 aromatic heterocycles. The number of nitrogens with zero attached hydrogens (tertiary/aromatic N) is 1. The van der Waals surface area contributed by atoms with Gasteiger partial charge in [-0.3, -0.25) is 4.79 Å². The Morgan fingerprint density at radius 3 is 3.00 bits per heavy atom. The Morgan fingerprint density at radius 1 is 1.45 bits per heavy atom. The second kappa shape index (κ2) is 6.46. The Bertz CT molecular complexity index is 509. The summed E-state index contributed by atoms with van der Waals surface area (Å²) in [5, 5.41) is 3.41. The molecule has 1 fully saturated rings. The number of halogens is 2. The van der Waals surface area contributed by atoms with Crippen LogP contribution in [0.25, 0.3) is 0 Å². The van der Waals surface area contributed by atoms with Gasteiger partial charge in [0.15, 0.2) is 0 Å². The van der Waals surface area contributed by atoms with Gasteiger partial charge in [-0.25, -0.2) is 0 Å². The molecule has 1 saturated heterocycles. The van der Waals surface area contributed by atoms with E-state index in [0.717, 1.165) is 42.5 Å². The van der Waals surface area contributed by atoms with E-state index in [2.05, 4.69) is 46.4 Å². The molecule has 20 heavy (non-hydrogen) atoms. The van der Waals surface area contributed by atoms with Crippen LogP contribution in [-0.2, 0) is 11.2 Å². The second-order valence-electron chi connectivity index (χ2n) is 5.59. The van der Waals surface area contributed by atoms with Crippen LogP contribution in [0.1, 0.15) is 25.3 Å². The maximum absolute atomic E-state index is 12.7. The summed E-state index contributed by atoms with van der Waals surface area (Å²) >= 11 is 3.50. The third-order valence-electron chi connectivity index (χ3n) is 4.18. The lowest BCUT2D eigenvalue weighted by molar-refractivity contribution is -0.123. The fourth-order valence-electron chi connectivity index (χ4n) is 3.16. The molecule has 0 aliphatic carbocycles. The Balaban J connectivity index is 0.00000147. The van der Waals surface area contributed by atoms with Gasteiger partial charge in [0, 0.05) is 28.7 Å². The summed E-state index contributed by atoms with van der Waals surface area (Å²) in [6.45, 7) is 3.95. The summed E-state index contributed by atoms with van der Waals surface area (Å²) in [6, 6.07) is 6.70. The van der Waals surface area contributed by atoms with Gasteiger partial charge in [0.25, 0.3) is 0 Å². The van der Waals surface area contributed by atoms with E-state index >= 15 is 0 Å². The largest absolute Gasteiger partial charge is 0.314 e. The van der Waals surface area contributed by atoms with Gasteiger partial charge in [0.1, 0.15) is 0 Å². The first-order valence-electron chi connectivity index (χ1n) is 6.98. The Labute approximate surface area is 134 Å². The van der Waals surface area contributed by atoms with Crippen molar-refractivity contribution in [1.82, 2.24) is 5.32 Å². The maximum atomic E-state index is 12.7. The SMILES string of the molecule is C[C@H]1C[C@@H](C(=O)N2CCc3ccc(Br)cc32)CCN1.Cl. The highest BCUT2D eigenvalue weighted by Gasteiger charge is 2.32.